The molecule has 0 saturated carbocycles. The van der Waals surface area contributed by atoms with Crippen molar-refractivity contribution >= 4 is 29.0 Å². The van der Waals surface area contributed by atoms with E-state index in [0.29, 0.717) is 10.9 Å². The van der Waals surface area contributed by atoms with Crippen molar-refractivity contribution in [2.45, 2.75) is 18.6 Å². The van der Waals surface area contributed by atoms with Gasteiger partial charge in [-0.05, 0) is 18.9 Å². The molecule has 1 atom stereocenters. The zero-order chi connectivity index (χ0) is 14.7. The van der Waals surface area contributed by atoms with E-state index in [0.717, 1.165) is 30.3 Å². The van der Waals surface area contributed by atoms with Crippen molar-refractivity contribution in [3.8, 4) is 0 Å². The van der Waals surface area contributed by atoms with Gasteiger partial charge in [-0.2, -0.15) is 11.8 Å². The molecule has 0 spiro atoms. The fourth-order valence-corrected chi connectivity index (χ4v) is 4.35. The molecule has 0 bridgehead atoms. The van der Waals surface area contributed by atoms with Crippen molar-refractivity contribution in [3.05, 3.63) is 52.0 Å². The van der Waals surface area contributed by atoms with Gasteiger partial charge in [0.1, 0.15) is 5.69 Å². The molecule has 110 valence electrons. The minimum Gasteiger partial charge on any atom is -0.336 e. The Morgan fingerprint density at radius 3 is 2.81 bits per heavy atom. The summed E-state index contributed by atoms with van der Waals surface area (Å²) in [4.78, 5) is 18.7. The van der Waals surface area contributed by atoms with Crippen LogP contribution >= 0.6 is 23.1 Å². The van der Waals surface area contributed by atoms with E-state index in [1.807, 2.05) is 35.0 Å². The second kappa shape index (κ2) is 6.62. The molecule has 0 radical (unpaired) electrons. The number of carbonyl (C=O) groups is 1. The Balaban J connectivity index is 1.67. The maximum Gasteiger partial charge on any atom is 0.273 e. The number of amides is 1. The molecular weight excluding hydrogens is 300 g/mol. The molecule has 0 N–H and O–H groups in total. The summed E-state index contributed by atoms with van der Waals surface area (Å²) < 4.78 is 0. The molecule has 5 heteroatoms. The van der Waals surface area contributed by atoms with Gasteiger partial charge in [0.15, 0.2) is 0 Å². The molecule has 1 aliphatic heterocycles. The summed E-state index contributed by atoms with van der Waals surface area (Å²) in [5.74, 6) is 1.06. The van der Waals surface area contributed by atoms with Gasteiger partial charge in [0.25, 0.3) is 5.91 Å². The number of aromatic nitrogens is 1. The first-order valence-electron chi connectivity index (χ1n) is 7.12. The van der Waals surface area contributed by atoms with Gasteiger partial charge in [-0.1, -0.05) is 30.3 Å². The second-order valence-corrected chi connectivity index (χ2v) is 7.48. The molecule has 1 amide bonds. The van der Waals surface area contributed by atoms with Crippen LogP contribution in [0.15, 0.2) is 35.7 Å². The Kier molecular flexibility index (Phi) is 4.60. The van der Waals surface area contributed by atoms with E-state index < -0.39 is 0 Å². The summed E-state index contributed by atoms with van der Waals surface area (Å²) in [6.45, 7) is 3.55. The third kappa shape index (κ3) is 3.47. The number of thioether (sulfide) groups is 1. The van der Waals surface area contributed by atoms with Crippen LogP contribution in [0.25, 0.3) is 0 Å². The number of hydrogen-bond acceptors (Lipinski definition) is 4. The maximum atomic E-state index is 12.5. The molecule has 3 rings (SSSR count). The second-order valence-electron chi connectivity index (χ2n) is 5.10. The van der Waals surface area contributed by atoms with Gasteiger partial charge >= 0.3 is 0 Å². The number of aryl methyl sites for hydroxylation is 1. The third-order valence-electron chi connectivity index (χ3n) is 3.64. The summed E-state index contributed by atoms with van der Waals surface area (Å²) >= 11 is 3.48. The first-order chi connectivity index (χ1) is 10.2. The zero-order valence-corrected chi connectivity index (χ0v) is 13.6. The zero-order valence-electron chi connectivity index (χ0n) is 12.0. The topological polar surface area (TPSA) is 33.2 Å². The molecule has 1 aromatic heterocycles. The Labute approximate surface area is 133 Å². The molecular formula is C16H18N2OS2. The van der Waals surface area contributed by atoms with Gasteiger partial charge in [0.05, 0.1) is 5.01 Å². The van der Waals surface area contributed by atoms with Crippen LogP contribution < -0.4 is 0 Å². The average Bonchev–Trinajstić information content (AvgIpc) is 2.81. The fourth-order valence-electron chi connectivity index (χ4n) is 2.53. The maximum absolute atomic E-state index is 12.5. The van der Waals surface area contributed by atoms with Crippen LogP contribution in [-0.4, -0.2) is 34.6 Å². The Morgan fingerprint density at radius 2 is 2.10 bits per heavy atom. The summed E-state index contributed by atoms with van der Waals surface area (Å²) in [6.07, 6.45) is 1.00. The Bertz CT molecular complexity index is 612. The number of benzene rings is 1. The number of carbonyl (C=O) groups excluding carboxylic acids is 1. The standard InChI is InChI=1S/C16H18N2OS2/c1-12-17-14(11-21-12)16(19)18-8-7-15(20-10-9-18)13-5-3-2-4-6-13/h2-6,11,15H,7-10H2,1H3. The van der Waals surface area contributed by atoms with Gasteiger partial charge in [-0.15, -0.1) is 11.3 Å². The monoisotopic (exact) mass is 318 g/mol. The molecule has 0 aliphatic carbocycles. The summed E-state index contributed by atoms with van der Waals surface area (Å²) in [5, 5.41) is 3.30. The van der Waals surface area contributed by atoms with Crippen LogP contribution in [0.3, 0.4) is 0 Å². The van der Waals surface area contributed by atoms with E-state index in [2.05, 4.69) is 29.2 Å². The lowest BCUT2D eigenvalue weighted by molar-refractivity contribution is 0.0761. The highest BCUT2D eigenvalue weighted by molar-refractivity contribution is 7.99. The number of hydrogen-bond donors (Lipinski definition) is 0. The van der Waals surface area contributed by atoms with E-state index in [4.69, 9.17) is 0 Å². The van der Waals surface area contributed by atoms with Gasteiger partial charge in [-0.25, -0.2) is 4.98 Å². The Hall–Kier alpha value is -1.33. The SMILES string of the molecule is Cc1nc(C(=O)N2CCSC(c3ccccc3)CC2)cs1. The van der Waals surface area contributed by atoms with Crippen LogP contribution in [0.2, 0.25) is 0 Å². The lowest BCUT2D eigenvalue weighted by atomic mass is 10.1. The van der Waals surface area contributed by atoms with E-state index in [-0.39, 0.29) is 5.91 Å². The van der Waals surface area contributed by atoms with Gasteiger partial charge in [0, 0.05) is 29.5 Å². The van der Waals surface area contributed by atoms with Crippen molar-refractivity contribution in [2.24, 2.45) is 0 Å². The molecule has 3 nitrogen and oxygen atoms in total. The highest BCUT2D eigenvalue weighted by Crippen LogP contribution is 2.34. The predicted molar refractivity (Wildman–Crippen MR) is 89.0 cm³/mol. The average molecular weight is 318 g/mol. The van der Waals surface area contributed by atoms with E-state index in [1.165, 1.54) is 16.9 Å². The van der Waals surface area contributed by atoms with Crippen molar-refractivity contribution in [3.63, 3.8) is 0 Å². The molecule has 2 aromatic rings. The lowest BCUT2D eigenvalue weighted by Crippen LogP contribution is -2.33. The molecule has 1 fully saturated rings. The lowest BCUT2D eigenvalue weighted by Gasteiger charge is -2.19. The molecule has 2 heterocycles. The molecule has 21 heavy (non-hydrogen) atoms. The van der Waals surface area contributed by atoms with Crippen molar-refractivity contribution in [2.75, 3.05) is 18.8 Å². The predicted octanol–water partition coefficient (Wildman–Crippen LogP) is 3.77. The number of thiazole rings is 1. The van der Waals surface area contributed by atoms with Crippen LogP contribution in [-0.2, 0) is 0 Å². The van der Waals surface area contributed by atoms with E-state index in [1.54, 1.807) is 0 Å². The normalized spacial score (nSPS) is 19.3. The van der Waals surface area contributed by atoms with Crippen molar-refractivity contribution in [1.29, 1.82) is 0 Å². The third-order valence-corrected chi connectivity index (χ3v) is 5.74. The molecule has 1 aromatic carbocycles. The molecule has 1 unspecified atom stereocenters. The van der Waals surface area contributed by atoms with Crippen LogP contribution in [0, 0.1) is 6.92 Å². The minimum absolute atomic E-state index is 0.0775. The van der Waals surface area contributed by atoms with E-state index >= 15 is 0 Å². The highest BCUT2D eigenvalue weighted by atomic mass is 32.2. The number of nitrogens with zero attached hydrogens (tertiary/aromatic N) is 2. The van der Waals surface area contributed by atoms with Gasteiger partial charge < -0.3 is 4.90 Å². The van der Waals surface area contributed by atoms with Gasteiger partial charge in [-0.3, -0.25) is 4.79 Å². The summed E-state index contributed by atoms with van der Waals surface area (Å²) in [5.41, 5.74) is 1.96. The smallest absolute Gasteiger partial charge is 0.273 e. The van der Waals surface area contributed by atoms with Crippen LogP contribution in [0.4, 0.5) is 0 Å². The summed E-state index contributed by atoms with van der Waals surface area (Å²) in [6, 6.07) is 10.6. The first-order valence-corrected chi connectivity index (χ1v) is 9.05. The number of rotatable bonds is 2. The molecule has 1 aliphatic rings. The van der Waals surface area contributed by atoms with Crippen molar-refractivity contribution < 1.29 is 4.79 Å². The highest BCUT2D eigenvalue weighted by Gasteiger charge is 2.23. The van der Waals surface area contributed by atoms with Gasteiger partial charge in [0.2, 0.25) is 0 Å². The minimum atomic E-state index is 0.0775. The quantitative estimate of drug-likeness (QED) is 0.845. The first kappa shape index (κ1) is 14.6. The van der Waals surface area contributed by atoms with Crippen LogP contribution in [0.5, 0.6) is 0 Å². The molecule has 1 saturated heterocycles. The van der Waals surface area contributed by atoms with Crippen molar-refractivity contribution in [1.82, 2.24) is 9.88 Å². The largest absolute Gasteiger partial charge is 0.336 e. The summed E-state index contributed by atoms with van der Waals surface area (Å²) in [7, 11) is 0. The van der Waals surface area contributed by atoms with E-state index in [9.17, 15) is 4.79 Å². The van der Waals surface area contributed by atoms with Crippen LogP contribution in [0.1, 0.15) is 32.7 Å². The Morgan fingerprint density at radius 1 is 1.29 bits per heavy atom. The fraction of sp³-hybridized carbons (Fsp3) is 0.375.